The zero-order valence-electron chi connectivity index (χ0n) is 17.6. The Kier molecular flexibility index (Phi) is 13.5. The quantitative estimate of drug-likeness (QED) is 0.257. The van der Waals surface area contributed by atoms with Crippen LogP contribution in [0.25, 0.3) is 0 Å². The Morgan fingerprint density at radius 1 is 0.828 bits per heavy atom. The van der Waals surface area contributed by atoms with Crippen LogP contribution >= 0.6 is 0 Å². The van der Waals surface area contributed by atoms with Gasteiger partial charge in [-0.1, -0.05) is 0 Å². The Bertz CT molecular complexity index is 444. The van der Waals surface area contributed by atoms with Crippen molar-refractivity contribution in [2.75, 3.05) is 85.2 Å². The van der Waals surface area contributed by atoms with Crippen LogP contribution in [0, 0.1) is 0 Å². The molecule has 11 heteroatoms. The van der Waals surface area contributed by atoms with Crippen molar-refractivity contribution in [1.29, 1.82) is 0 Å². The normalized spacial score (nSPS) is 22.0. The number of hydrogen-bond acceptors (Lipinski definition) is 10. The predicted octanol–water partition coefficient (Wildman–Crippen LogP) is -0.959. The van der Waals surface area contributed by atoms with E-state index in [1.807, 2.05) is 11.8 Å². The number of aliphatic hydroxyl groups is 1. The summed E-state index contributed by atoms with van der Waals surface area (Å²) >= 11 is 0. The lowest BCUT2D eigenvalue weighted by Crippen LogP contribution is -2.51. The van der Waals surface area contributed by atoms with Gasteiger partial charge in [-0.15, -0.1) is 0 Å². The van der Waals surface area contributed by atoms with Crippen LogP contribution in [0.3, 0.4) is 0 Å². The van der Waals surface area contributed by atoms with Gasteiger partial charge in [0.15, 0.2) is 0 Å². The fourth-order valence-electron chi connectivity index (χ4n) is 3.40. The largest absolute Gasteiger partial charge is 0.480 e. The van der Waals surface area contributed by atoms with Crippen LogP contribution < -0.4 is 0 Å². The van der Waals surface area contributed by atoms with Gasteiger partial charge in [-0.2, -0.15) is 0 Å². The smallest absolute Gasteiger partial charge is 0.317 e. The Morgan fingerprint density at radius 3 is 1.66 bits per heavy atom. The minimum absolute atomic E-state index is 0.0405. The van der Waals surface area contributed by atoms with Crippen LogP contribution in [0.1, 0.15) is 13.8 Å². The number of nitrogens with zero attached hydrogens (tertiary/aromatic N) is 4. The molecular formula is C18H38N4O7. The molecule has 0 radical (unpaired) electrons. The monoisotopic (exact) mass is 422 g/mol. The van der Waals surface area contributed by atoms with E-state index in [0.29, 0.717) is 52.4 Å². The average Bonchev–Trinajstić information content (AvgIpc) is 2.67. The van der Waals surface area contributed by atoms with Crippen LogP contribution in [-0.2, 0) is 14.6 Å². The van der Waals surface area contributed by atoms with E-state index in [1.54, 1.807) is 6.92 Å². The van der Waals surface area contributed by atoms with E-state index in [9.17, 15) is 15.0 Å². The summed E-state index contributed by atoms with van der Waals surface area (Å²) in [5, 5.41) is 36.7. The highest BCUT2D eigenvalue weighted by atomic mass is 17.1. The standard InChI is InChI=1S/C18H38N4O7/c1-16(17(2)23)22-9-7-20(12-14-29-27)4-3-19(11-13-28-26)5-6-21(8-10-22)15-18(24)25/h16-17,23,26-27H,3-15H2,1-2H3,(H,24,25). The number of aliphatic carboxylic acids is 1. The van der Waals surface area contributed by atoms with Gasteiger partial charge < -0.3 is 10.2 Å². The predicted molar refractivity (Wildman–Crippen MR) is 107 cm³/mol. The van der Waals surface area contributed by atoms with Crippen LogP contribution in [0.4, 0.5) is 0 Å². The highest BCUT2D eigenvalue weighted by Gasteiger charge is 2.22. The Hall–Kier alpha value is -0.890. The molecule has 2 atom stereocenters. The van der Waals surface area contributed by atoms with E-state index in [2.05, 4.69) is 24.5 Å². The number of aliphatic hydroxyl groups excluding tert-OH is 1. The van der Waals surface area contributed by atoms with Crippen molar-refractivity contribution in [2.24, 2.45) is 0 Å². The first-order valence-corrected chi connectivity index (χ1v) is 10.2. The topological polar surface area (TPSA) is 129 Å². The van der Waals surface area contributed by atoms with Crippen molar-refractivity contribution in [2.45, 2.75) is 26.0 Å². The summed E-state index contributed by atoms with van der Waals surface area (Å²) in [5.74, 6) is -0.868. The highest BCUT2D eigenvalue weighted by Crippen LogP contribution is 2.07. The molecule has 1 heterocycles. The summed E-state index contributed by atoms with van der Waals surface area (Å²) in [4.78, 5) is 28.1. The molecule has 0 aliphatic carbocycles. The lowest BCUT2D eigenvalue weighted by Gasteiger charge is -2.36. The maximum absolute atomic E-state index is 11.3. The number of carboxylic acids is 1. The first kappa shape index (κ1) is 26.1. The van der Waals surface area contributed by atoms with Gasteiger partial charge in [-0.3, -0.25) is 34.9 Å². The molecule has 1 rings (SSSR count). The fourth-order valence-corrected chi connectivity index (χ4v) is 3.40. The highest BCUT2D eigenvalue weighted by molar-refractivity contribution is 5.69. The van der Waals surface area contributed by atoms with Gasteiger partial charge in [0.2, 0.25) is 0 Å². The van der Waals surface area contributed by atoms with Crippen LogP contribution in [0.5, 0.6) is 0 Å². The lowest BCUT2D eigenvalue weighted by atomic mass is 10.1. The van der Waals surface area contributed by atoms with E-state index < -0.39 is 12.1 Å². The second-order valence-corrected chi connectivity index (χ2v) is 7.54. The molecule has 4 N–H and O–H groups in total. The number of hydrogen-bond donors (Lipinski definition) is 4. The van der Waals surface area contributed by atoms with Crippen molar-refractivity contribution in [1.82, 2.24) is 19.6 Å². The molecule has 0 bridgehead atoms. The maximum Gasteiger partial charge on any atom is 0.317 e. The minimum Gasteiger partial charge on any atom is -0.480 e. The maximum atomic E-state index is 11.3. The van der Waals surface area contributed by atoms with Gasteiger partial charge in [0.05, 0.1) is 25.9 Å². The summed E-state index contributed by atoms with van der Waals surface area (Å²) in [6, 6.07) is -0.0567. The van der Waals surface area contributed by atoms with E-state index in [-0.39, 0.29) is 25.8 Å². The number of carbonyl (C=O) groups is 1. The Balaban J connectivity index is 2.88. The van der Waals surface area contributed by atoms with Crippen molar-refractivity contribution >= 4 is 5.97 Å². The minimum atomic E-state index is -0.868. The summed E-state index contributed by atoms with van der Waals surface area (Å²) in [6.45, 7) is 10.5. The summed E-state index contributed by atoms with van der Waals surface area (Å²) in [5.41, 5.74) is 0. The van der Waals surface area contributed by atoms with Gasteiger partial charge in [0, 0.05) is 71.5 Å². The van der Waals surface area contributed by atoms with Gasteiger partial charge in [0.25, 0.3) is 0 Å². The van der Waals surface area contributed by atoms with Gasteiger partial charge in [-0.25, -0.2) is 9.78 Å². The molecule has 0 aromatic heterocycles. The zero-order valence-corrected chi connectivity index (χ0v) is 17.6. The second kappa shape index (κ2) is 15.0. The second-order valence-electron chi connectivity index (χ2n) is 7.54. The van der Waals surface area contributed by atoms with Crippen molar-refractivity contribution < 1.29 is 35.3 Å². The van der Waals surface area contributed by atoms with Crippen LogP contribution in [0.2, 0.25) is 0 Å². The molecule has 0 aromatic carbocycles. The van der Waals surface area contributed by atoms with E-state index in [1.165, 1.54) is 0 Å². The van der Waals surface area contributed by atoms with Crippen LogP contribution in [0.15, 0.2) is 0 Å². The molecule has 0 aromatic rings. The van der Waals surface area contributed by atoms with Gasteiger partial charge in [-0.05, 0) is 13.8 Å². The molecule has 1 saturated heterocycles. The SMILES string of the molecule is CC(O)C(C)N1CCN(CCOO)CCN(CCOO)CCN(CC(=O)O)CC1. The summed E-state index contributed by atoms with van der Waals surface area (Å²) in [6.07, 6.45) is -0.501. The van der Waals surface area contributed by atoms with Gasteiger partial charge >= 0.3 is 5.97 Å². The Morgan fingerprint density at radius 2 is 1.24 bits per heavy atom. The summed E-state index contributed by atoms with van der Waals surface area (Å²) < 4.78 is 0. The first-order chi connectivity index (χ1) is 13.9. The fraction of sp³-hybridized carbons (Fsp3) is 0.944. The zero-order chi connectivity index (χ0) is 21.6. The molecule has 0 saturated carbocycles. The summed E-state index contributed by atoms with van der Waals surface area (Å²) in [7, 11) is 0. The molecule has 0 amide bonds. The average molecular weight is 423 g/mol. The van der Waals surface area contributed by atoms with Crippen LogP contribution in [-0.4, -0.2) is 144 Å². The van der Waals surface area contributed by atoms with Crippen molar-refractivity contribution in [3.05, 3.63) is 0 Å². The van der Waals surface area contributed by atoms with E-state index in [4.69, 9.17) is 10.5 Å². The molecule has 1 aliphatic rings. The van der Waals surface area contributed by atoms with E-state index >= 15 is 0 Å². The first-order valence-electron chi connectivity index (χ1n) is 10.2. The van der Waals surface area contributed by atoms with Gasteiger partial charge in [0.1, 0.15) is 0 Å². The van der Waals surface area contributed by atoms with Crippen molar-refractivity contribution in [3.8, 4) is 0 Å². The molecule has 2 unspecified atom stereocenters. The Labute approximate surface area is 172 Å². The molecule has 0 spiro atoms. The molecule has 29 heavy (non-hydrogen) atoms. The third kappa shape index (κ3) is 11.2. The van der Waals surface area contributed by atoms with E-state index in [0.717, 1.165) is 13.1 Å². The molecular weight excluding hydrogens is 384 g/mol. The molecule has 172 valence electrons. The third-order valence-electron chi connectivity index (χ3n) is 5.50. The molecule has 11 nitrogen and oxygen atoms in total. The molecule has 1 aliphatic heterocycles. The number of carboxylic acid groups (broad SMARTS) is 1. The molecule has 1 fully saturated rings. The van der Waals surface area contributed by atoms with Crippen molar-refractivity contribution in [3.63, 3.8) is 0 Å². The number of rotatable bonds is 10. The lowest BCUT2D eigenvalue weighted by molar-refractivity contribution is -0.245. The third-order valence-corrected chi connectivity index (χ3v) is 5.50.